The molecule has 0 aliphatic carbocycles. The van der Waals surface area contributed by atoms with Crippen molar-refractivity contribution in [2.75, 3.05) is 24.6 Å². The molecular weight excluding hydrogens is 418 g/mol. The van der Waals surface area contributed by atoms with E-state index in [1.807, 2.05) is 36.4 Å². The largest absolute Gasteiger partial charge is 0.493 e. The molecule has 3 rings (SSSR count). The van der Waals surface area contributed by atoms with Crippen LogP contribution in [0.1, 0.15) is 54.9 Å². The van der Waals surface area contributed by atoms with Crippen molar-refractivity contribution >= 4 is 17.5 Å². The second-order valence-electron chi connectivity index (χ2n) is 8.49. The van der Waals surface area contributed by atoms with Gasteiger partial charge in [0.2, 0.25) is 5.91 Å². The smallest absolute Gasteiger partial charge is 0.251 e. The minimum absolute atomic E-state index is 0.0336. The van der Waals surface area contributed by atoms with E-state index in [-0.39, 0.29) is 18.4 Å². The molecule has 0 unspecified atom stereocenters. The number of hydrogen-bond donors (Lipinski definition) is 3. The molecule has 0 aromatic heterocycles. The van der Waals surface area contributed by atoms with E-state index in [0.29, 0.717) is 43.0 Å². The van der Waals surface area contributed by atoms with E-state index in [1.165, 1.54) is 0 Å². The predicted octanol–water partition coefficient (Wildman–Crippen LogP) is 3.04. The van der Waals surface area contributed by atoms with Gasteiger partial charge in [0.1, 0.15) is 5.75 Å². The number of benzene rings is 2. The van der Waals surface area contributed by atoms with Crippen LogP contribution in [0.25, 0.3) is 0 Å². The molecule has 1 fully saturated rings. The second kappa shape index (κ2) is 12.4. The molecule has 4 N–H and O–H groups in total. The zero-order valence-electron chi connectivity index (χ0n) is 19.3. The Morgan fingerprint density at radius 2 is 2.00 bits per heavy atom. The lowest BCUT2D eigenvalue weighted by Gasteiger charge is -2.24. The van der Waals surface area contributed by atoms with Crippen molar-refractivity contribution in [3.8, 4) is 5.75 Å². The third kappa shape index (κ3) is 7.04. The molecule has 2 atom stereocenters. The van der Waals surface area contributed by atoms with Gasteiger partial charge >= 0.3 is 0 Å². The first-order valence-corrected chi connectivity index (χ1v) is 11.8. The summed E-state index contributed by atoms with van der Waals surface area (Å²) in [6.45, 7) is 3.34. The molecule has 7 nitrogen and oxygen atoms in total. The Labute approximate surface area is 195 Å². The Bertz CT molecular complexity index is 919. The molecule has 0 saturated carbocycles. The Morgan fingerprint density at radius 3 is 2.67 bits per heavy atom. The van der Waals surface area contributed by atoms with Crippen molar-refractivity contribution in [1.29, 1.82) is 0 Å². The van der Waals surface area contributed by atoms with Crippen LogP contribution in [0.3, 0.4) is 0 Å². The number of hydrogen-bond acceptors (Lipinski definition) is 5. The van der Waals surface area contributed by atoms with Gasteiger partial charge in [0.15, 0.2) is 0 Å². The van der Waals surface area contributed by atoms with Gasteiger partial charge < -0.3 is 25.8 Å². The van der Waals surface area contributed by atoms with Crippen molar-refractivity contribution < 1.29 is 19.4 Å². The summed E-state index contributed by atoms with van der Waals surface area (Å²) in [7, 11) is 0. The van der Waals surface area contributed by atoms with Crippen LogP contribution in [0, 0.1) is 0 Å². The minimum Gasteiger partial charge on any atom is -0.493 e. The number of nitrogens with one attached hydrogen (secondary N) is 1. The molecule has 2 aromatic rings. The summed E-state index contributed by atoms with van der Waals surface area (Å²) < 4.78 is 5.92. The van der Waals surface area contributed by atoms with Crippen LogP contribution in [0.5, 0.6) is 5.75 Å². The lowest BCUT2D eigenvalue weighted by molar-refractivity contribution is -0.117. The van der Waals surface area contributed by atoms with Gasteiger partial charge in [-0.3, -0.25) is 9.59 Å². The number of aliphatic hydroxyl groups is 1. The van der Waals surface area contributed by atoms with Crippen LogP contribution in [0.4, 0.5) is 5.69 Å². The Hall–Kier alpha value is -2.90. The number of carbonyl (C=O) groups excluding carboxylic acids is 2. The van der Waals surface area contributed by atoms with Crippen molar-refractivity contribution in [1.82, 2.24) is 5.32 Å². The second-order valence-corrected chi connectivity index (χ2v) is 8.49. The third-order valence-corrected chi connectivity index (χ3v) is 5.88. The van der Waals surface area contributed by atoms with Crippen LogP contribution in [-0.2, 0) is 11.2 Å². The van der Waals surface area contributed by atoms with Gasteiger partial charge in [0.05, 0.1) is 18.8 Å². The highest BCUT2D eigenvalue weighted by Crippen LogP contribution is 2.28. The molecule has 7 heteroatoms. The Kier molecular flexibility index (Phi) is 9.27. The zero-order chi connectivity index (χ0) is 23.6. The average Bonchev–Trinajstić information content (AvgIpc) is 3.27. The summed E-state index contributed by atoms with van der Waals surface area (Å²) in [5, 5.41) is 13.4. The summed E-state index contributed by atoms with van der Waals surface area (Å²) in [4.78, 5) is 27.2. The molecule has 0 bridgehead atoms. The quantitative estimate of drug-likeness (QED) is 0.429. The molecule has 2 amide bonds. The lowest BCUT2D eigenvalue weighted by Crippen LogP contribution is -2.47. The van der Waals surface area contributed by atoms with Crippen molar-refractivity contribution in [3.63, 3.8) is 0 Å². The molecule has 1 aliphatic heterocycles. The summed E-state index contributed by atoms with van der Waals surface area (Å²) in [5.74, 6) is 0.271. The zero-order valence-corrected chi connectivity index (χ0v) is 19.3. The average molecular weight is 454 g/mol. The molecular formula is C26H35N3O4. The van der Waals surface area contributed by atoms with E-state index < -0.39 is 12.1 Å². The number of rotatable bonds is 12. The molecule has 0 radical (unpaired) electrons. The monoisotopic (exact) mass is 453 g/mol. The highest BCUT2D eigenvalue weighted by molar-refractivity contribution is 5.99. The van der Waals surface area contributed by atoms with Crippen LogP contribution < -0.4 is 20.7 Å². The van der Waals surface area contributed by atoms with Gasteiger partial charge in [-0.2, -0.15) is 0 Å². The van der Waals surface area contributed by atoms with Crippen molar-refractivity contribution in [2.45, 2.75) is 57.6 Å². The maximum Gasteiger partial charge on any atom is 0.251 e. The van der Waals surface area contributed by atoms with Crippen LogP contribution in [-0.4, -0.2) is 48.8 Å². The van der Waals surface area contributed by atoms with Gasteiger partial charge in [0.25, 0.3) is 5.91 Å². The first-order valence-electron chi connectivity index (χ1n) is 11.8. The summed E-state index contributed by atoms with van der Waals surface area (Å²) in [6.07, 6.45) is 3.95. The van der Waals surface area contributed by atoms with Crippen LogP contribution in [0.15, 0.2) is 48.5 Å². The van der Waals surface area contributed by atoms with Crippen molar-refractivity contribution in [2.24, 2.45) is 5.73 Å². The van der Waals surface area contributed by atoms with Crippen molar-refractivity contribution in [3.05, 3.63) is 59.7 Å². The maximum atomic E-state index is 13.2. The topological polar surface area (TPSA) is 105 Å². The summed E-state index contributed by atoms with van der Waals surface area (Å²) in [6, 6.07) is 14.3. The number of carbonyl (C=O) groups is 2. The molecule has 1 heterocycles. The fourth-order valence-corrected chi connectivity index (χ4v) is 3.98. The lowest BCUT2D eigenvalue weighted by atomic mass is 10.0. The number of nitrogens with two attached hydrogens (primary N) is 1. The van der Waals surface area contributed by atoms with Crippen LogP contribution in [0.2, 0.25) is 0 Å². The first kappa shape index (κ1) is 24.7. The number of unbranched alkanes of at least 4 members (excludes halogenated alkanes) is 2. The van der Waals surface area contributed by atoms with E-state index in [9.17, 15) is 14.7 Å². The Morgan fingerprint density at radius 1 is 1.21 bits per heavy atom. The predicted molar refractivity (Wildman–Crippen MR) is 130 cm³/mol. The van der Waals surface area contributed by atoms with Gasteiger partial charge in [-0.25, -0.2) is 0 Å². The normalized spacial score (nSPS) is 15.4. The SMILES string of the molecule is CCCCCOc1cc(C(=O)N[C@@H](Cc2ccccc2)[C@@H](O)CN)cc(N2CCCC2=O)c1. The molecule has 33 heavy (non-hydrogen) atoms. The van der Waals surface area contributed by atoms with E-state index >= 15 is 0 Å². The standard InChI is InChI=1S/C26H35N3O4/c1-2-3-7-13-33-22-16-20(15-21(17-22)29-12-8-11-25(29)31)26(32)28-23(24(30)18-27)14-19-9-5-4-6-10-19/h4-6,9-10,15-17,23-24,30H,2-3,7-8,11-14,18,27H2,1H3,(H,28,32)/t23-,24-/m0/s1. The Balaban J connectivity index is 1.81. The third-order valence-electron chi connectivity index (χ3n) is 5.88. The molecule has 178 valence electrons. The highest BCUT2D eigenvalue weighted by Gasteiger charge is 2.25. The number of aliphatic hydroxyl groups excluding tert-OH is 1. The maximum absolute atomic E-state index is 13.2. The van der Waals surface area contributed by atoms with E-state index in [1.54, 1.807) is 17.0 Å². The molecule has 1 saturated heterocycles. The molecule has 0 spiro atoms. The number of amides is 2. The van der Waals surface area contributed by atoms with Gasteiger partial charge in [0, 0.05) is 36.8 Å². The fourth-order valence-electron chi connectivity index (χ4n) is 3.98. The number of ether oxygens (including phenoxy) is 1. The fraction of sp³-hybridized carbons (Fsp3) is 0.462. The van der Waals surface area contributed by atoms with Gasteiger partial charge in [-0.15, -0.1) is 0 Å². The van der Waals surface area contributed by atoms with Gasteiger partial charge in [-0.05, 0) is 37.0 Å². The van der Waals surface area contributed by atoms with E-state index in [4.69, 9.17) is 10.5 Å². The van der Waals surface area contributed by atoms with E-state index in [0.717, 1.165) is 31.2 Å². The van der Waals surface area contributed by atoms with Gasteiger partial charge in [-0.1, -0.05) is 50.1 Å². The summed E-state index contributed by atoms with van der Waals surface area (Å²) in [5.41, 5.74) is 7.74. The molecule has 2 aromatic carbocycles. The minimum atomic E-state index is -0.887. The first-order chi connectivity index (χ1) is 16.0. The van der Waals surface area contributed by atoms with Crippen LogP contribution >= 0.6 is 0 Å². The summed E-state index contributed by atoms with van der Waals surface area (Å²) >= 11 is 0. The highest BCUT2D eigenvalue weighted by atomic mass is 16.5. The number of nitrogens with zero attached hydrogens (tertiary/aromatic N) is 1. The molecule has 1 aliphatic rings. The van der Waals surface area contributed by atoms with E-state index in [2.05, 4.69) is 12.2 Å². The number of anilines is 1.